The minimum Gasteiger partial charge on any atom is -0.391 e. The molecule has 0 spiro atoms. The van der Waals surface area contributed by atoms with Crippen molar-refractivity contribution in [1.82, 2.24) is 5.32 Å². The lowest BCUT2D eigenvalue weighted by Crippen LogP contribution is -2.36. The summed E-state index contributed by atoms with van der Waals surface area (Å²) in [5, 5.41) is 13.1. The second-order valence-electron chi connectivity index (χ2n) is 4.53. The van der Waals surface area contributed by atoms with Crippen LogP contribution >= 0.6 is 11.6 Å². The number of halogens is 1. The van der Waals surface area contributed by atoms with Crippen LogP contribution in [0, 0.1) is 5.92 Å². The Morgan fingerprint density at radius 3 is 2.72 bits per heavy atom. The molecule has 0 heterocycles. The molecule has 1 amide bonds. The molecule has 1 aromatic carbocycles. The Balaban J connectivity index is 2.41. The van der Waals surface area contributed by atoms with Crippen LogP contribution in [0.4, 0.5) is 0 Å². The molecule has 18 heavy (non-hydrogen) atoms. The summed E-state index contributed by atoms with van der Waals surface area (Å²) >= 11 is 5.97. The Bertz CT molecular complexity index is 395. The minimum absolute atomic E-state index is 0.120. The Morgan fingerprint density at radius 1 is 1.44 bits per heavy atom. The van der Waals surface area contributed by atoms with E-state index in [9.17, 15) is 9.90 Å². The molecule has 0 aromatic heterocycles. The highest BCUT2D eigenvalue weighted by atomic mass is 35.5. The Morgan fingerprint density at radius 2 is 2.11 bits per heavy atom. The number of carbonyl (C=O) groups is 1. The maximum absolute atomic E-state index is 11.7. The number of carbonyl (C=O) groups excluding carboxylic acids is 1. The highest BCUT2D eigenvalue weighted by Crippen LogP contribution is 2.15. The monoisotopic (exact) mass is 269 g/mol. The Hall–Kier alpha value is -1.06. The van der Waals surface area contributed by atoms with Gasteiger partial charge in [0.05, 0.1) is 12.5 Å². The number of hydrogen-bond acceptors (Lipinski definition) is 2. The number of nitrogens with one attached hydrogen (secondary N) is 1. The molecule has 0 bridgehead atoms. The predicted molar refractivity (Wildman–Crippen MR) is 73.6 cm³/mol. The summed E-state index contributed by atoms with van der Waals surface area (Å²) in [5.41, 5.74) is 0.801. The number of aliphatic hydroxyl groups is 1. The normalized spacial score (nSPS) is 14.0. The minimum atomic E-state index is -0.495. The summed E-state index contributed by atoms with van der Waals surface area (Å²) in [5.74, 6) is 0.0658. The summed E-state index contributed by atoms with van der Waals surface area (Å²) in [6.07, 6.45) is 0.638. The smallest absolute Gasteiger partial charge is 0.224 e. The quantitative estimate of drug-likeness (QED) is 0.833. The van der Waals surface area contributed by atoms with E-state index in [1.165, 1.54) is 0 Å². The third kappa shape index (κ3) is 4.67. The van der Waals surface area contributed by atoms with Crippen LogP contribution in [0.25, 0.3) is 0 Å². The van der Waals surface area contributed by atoms with Crippen molar-refractivity contribution in [3.05, 3.63) is 34.9 Å². The lowest BCUT2D eigenvalue weighted by Gasteiger charge is -2.17. The van der Waals surface area contributed by atoms with Gasteiger partial charge in [-0.3, -0.25) is 4.79 Å². The maximum Gasteiger partial charge on any atom is 0.224 e. The van der Waals surface area contributed by atoms with Gasteiger partial charge in [0.25, 0.3) is 0 Å². The fraction of sp³-hybridized carbons (Fsp3) is 0.500. The topological polar surface area (TPSA) is 49.3 Å². The molecule has 100 valence electrons. The van der Waals surface area contributed by atoms with Crippen molar-refractivity contribution in [2.24, 2.45) is 5.92 Å². The fourth-order valence-electron chi connectivity index (χ4n) is 1.57. The van der Waals surface area contributed by atoms with Crippen LogP contribution in [0.5, 0.6) is 0 Å². The number of rotatable bonds is 6. The van der Waals surface area contributed by atoms with Crippen molar-refractivity contribution in [1.29, 1.82) is 0 Å². The zero-order chi connectivity index (χ0) is 13.5. The molecule has 2 atom stereocenters. The fourth-order valence-corrected chi connectivity index (χ4v) is 1.77. The molecule has 0 aliphatic rings. The molecule has 2 N–H and O–H groups in total. The van der Waals surface area contributed by atoms with Crippen molar-refractivity contribution in [2.45, 2.75) is 32.8 Å². The van der Waals surface area contributed by atoms with Crippen molar-refractivity contribution >= 4 is 17.5 Å². The van der Waals surface area contributed by atoms with Crippen LogP contribution < -0.4 is 5.32 Å². The summed E-state index contributed by atoms with van der Waals surface area (Å²) < 4.78 is 0. The number of benzene rings is 1. The van der Waals surface area contributed by atoms with Crippen LogP contribution in [-0.4, -0.2) is 23.7 Å². The third-order valence-electron chi connectivity index (χ3n) is 3.12. The van der Waals surface area contributed by atoms with E-state index >= 15 is 0 Å². The predicted octanol–water partition coefficient (Wildman–Crippen LogP) is 2.41. The van der Waals surface area contributed by atoms with Gasteiger partial charge in [-0.15, -0.1) is 0 Å². The molecule has 1 rings (SSSR count). The van der Waals surface area contributed by atoms with Gasteiger partial charge in [-0.1, -0.05) is 50.1 Å². The van der Waals surface area contributed by atoms with Gasteiger partial charge in [-0.25, -0.2) is 0 Å². The van der Waals surface area contributed by atoms with E-state index in [-0.39, 0.29) is 24.8 Å². The van der Waals surface area contributed by atoms with Gasteiger partial charge in [0.2, 0.25) is 5.91 Å². The van der Waals surface area contributed by atoms with E-state index in [0.717, 1.165) is 12.0 Å². The first-order valence-corrected chi connectivity index (χ1v) is 6.60. The standard InChI is InChI=1S/C14H20ClNO2/c1-3-10(2)13(17)9-16-14(18)8-11-6-4-5-7-12(11)15/h4-7,10,13,17H,3,8-9H2,1-2H3,(H,16,18). The number of aliphatic hydroxyl groups excluding tert-OH is 1. The molecule has 0 aliphatic carbocycles. The average molecular weight is 270 g/mol. The molecular formula is C14H20ClNO2. The van der Waals surface area contributed by atoms with Crippen molar-refractivity contribution in [2.75, 3.05) is 6.54 Å². The van der Waals surface area contributed by atoms with Gasteiger partial charge in [0.1, 0.15) is 0 Å². The van der Waals surface area contributed by atoms with Crippen LogP contribution in [-0.2, 0) is 11.2 Å². The Labute approximate surface area is 113 Å². The summed E-state index contributed by atoms with van der Waals surface area (Å²) in [6, 6.07) is 7.27. The van der Waals surface area contributed by atoms with E-state index in [4.69, 9.17) is 11.6 Å². The molecule has 0 radical (unpaired) electrons. The van der Waals surface area contributed by atoms with Crippen LogP contribution in [0.3, 0.4) is 0 Å². The van der Waals surface area contributed by atoms with Crippen LogP contribution in [0.1, 0.15) is 25.8 Å². The summed E-state index contributed by atoms with van der Waals surface area (Å²) in [6.45, 7) is 4.27. The molecule has 3 nitrogen and oxygen atoms in total. The van der Waals surface area contributed by atoms with Gasteiger partial charge in [0.15, 0.2) is 0 Å². The molecule has 0 aliphatic heterocycles. The Kier molecular flexibility index (Phi) is 6.16. The van der Waals surface area contributed by atoms with E-state index in [1.54, 1.807) is 6.07 Å². The zero-order valence-electron chi connectivity index (χ0n) is 10.8. The molecular weight excluding hydrogens is 250 g/mol. The first-order chi connectivity index (χ1) is 8.54. The molecule has 2 unspecified atom stereocenters. The third-order valence-corrected chi connectivity index (χ3v) is 3.49. The molecule has 0 saturated carbocycles. The van der Waals surface area contributed by atoms with Crippen molar-refractivity contribution in [3.8, 4) is 0 Å². The summed E-state index contributed by atoms with van der Waals surface area (Å²) in [4.78, 5) is 11.7. The maximum atomic E-state index is 11.7. The van der Waals surface area contributed by atoms with Gasteiger partial charge in [0, 0.05) is 11.6 Å². The first kappa shape index (κ1) is 15.0. The van der Waals surface area contributed by atoms with Crippen molar-refractivity contribution in [3.63, 3.8) is 0 Å². The van der Waals surface area contributed by atoms with E-state index in [1.807, 2.05) is 32.0 Å². The van der Waals surface area contributed by atoms with Crippen LogP contribution in [0.15, 0.2) is 24.3 Å². The lowest BCUT2D eigenvalue weighted by atomic mass is 10.0. The number of hydrogen-bond donors (Lipinski definition) is 2. The molecule has 4 heteroatoms. The van der Waals surface area contributed by atoms with Crippen molar-refractivity contribution < 1.29 is 9.90 Å². The molecule has 1 aromatic rings. The molecule has 0 fully saturated rings. The van der Waals surface area contributed by atoms with E-state index in [2.05, 4.69) is 5.32 Å². The highest BCUT2D eigenvalue weighted by molar-refractivity contribution is 6.31. The van der Waals surface area contributed by atoms with E-state index in [0.29, 0.717) is 5.02 Å². The van der Waals surface area contributed by atoms with Gasteiger partial charge in [-0.2, -0.15) is 0 Å². The summed E-state index contributed by atoms with van der Waals surface area (Å²) in [7, 11) is 0. The second-order valence-corrected chi connectivity index (χ2v) is 4.93. The SMILES string of the molecule is CCC(C)C(O)CNC(=O)Cc1ccccc1Cl. The number of amides is 1. The molecule has 0 saturated heterocycles. The van der Waals surface area contributed by atoms with Gasteiger partial charge < -0.3 is 10.4 Å². The lowest BCUT2D eigenvalue weighted by molar-refractivity contribution is -0.121. The largest absolute Gasteiger partial charge is 0.391 e. The van der Waals surface area contributed by atoms with Gasteiger partial charge >= 0.3 is 0 Å². The first-order valence-electron chi connectivity index (χ1n) is 6.22. The van der Waals surface area contributed by atoms with E-state index < -0.39 is 6.10 Å². The van der Waals surface area contributed by atoms with Crippen LogP contribution in [0.2, 0.25) is 5.02 Å². The zero-order valence-corrected chi connectivity index (χ0v) is 11.6. The van der Waals surface area contributed by atoms with Gasteiger partial charge in [-0.05, 0) is 17.5 Å². The second kappa shape index (κ2) is 7.39. The average Bonchev–Trinajstić information content (AvgIpc) is 2.37. The highest BCUT2D eigenvalue weighted by Gasteiger charge is 2.13.